The fourth-order valence-electron chi connectivity index (χ4n) is 3.99. The van der Waals surface area contributed by atoms with E-state index in [1.807, 2.05) is 103 Å². The van der Waals surface area contributed by atoms with Crippen LogP contribution in [0.4, 0.5) is 0 Å². The predicted octanol–water partition coefficient (Wildman–Crippen LogP) is 6.33. The fraction of sp³-hybridized carbons (Fsp3) is 0.222. The minimum atomic E-state index is -3.54. The Morgan fingerprint density at radius 1 is 0.914 bits per heavy atom. The molecule has 0 fully saturated rings. The molecule has 182 valence electrons. The fourth-order valence-corrected chi connectivity index (χ4v) is 6.27. The molecule has 0 bridgehead atoms. The van der Waals surface area contributed by atoms with Gasteiger partial charge in [-0.2, -0.15) is 5.10 Å². The third kappa shape index (κ3) is 6.18. The van der Waals surface area contributed by atoms with Crippen molar-refractivity contribution in [2.45, 2.75) is 26.2 Å². The Morgan fingerprint density at radius 3 is 2.11 bits per heavy atom. The Balaban J connectivity index is 1.85. The van der Waals surface area contributed by atoms with Crippen molar-refractivity contribution in [2.24, 2.45) is 0 Å². The summed E-state index contributed by atoms with van der Waals surface area (Å²) < 4.78 is 28.7. The summed E-state index contributed by atoms with van der Waals surface area (Å²) in [5, 5.41) is 6.98. The molecular weight excluding hydrogens is 525 g/mol. The molecule has 0 saturated heterocycles. The van der Waals surface area contributed by atoms with Crippen LogP contribution in [0.15, 0.2) is 95.6 Å². The largest absolute Gasteiger partial charge is 0.392 e. The van der Waals surface area contributed by atoms with Crippen LogP contribution >= 0.6 is 23.5 Å². The SMILES string of the molecule is CCOP(=O)(OCC)[C@H]([NH2+]Cc1ccccc1)c1cn(-c2ccccc2)nc1-c1ccc(Br)cc1. The number of halogens is 1. The van der Waals surface area contributed by atoms with Crippen LogP contribution in [0.2, 0.25) is 0 Å². The first-order valence-electron chi connectivity index (χ1n) is 11.7. The lowest BCUT2D eigenvalue weighted by Gasteiger charge is -2.24. The number of hydrogen-bond acceptors (Lipinski definition) is 4. The third-order valence-electron chi connectivity index (χ3n) is 5.58. The highest BCUT2D eigenvalue weighted by molar-refractivity contribution is 9.10. The van der Waals surface area contributed by atoms with Gasteiger partial charge in [0.25, 0.3) is 0 Å². The summed E-state index contributed by atoms with van der Waals surface area (Å²) >= 11 is 3.51. The van der Waals surface area contributed by atoms with E-state index >= 15 is 0 Å². The number of para-hydroxylation sites is 1. The number of quaternary nitrogens is 1. The second-order valence-corrected chi connectivity index (χ2v) is 11.0. The molecule has 1 atom stereocenters. The smallest absolute Gasteiger partial charge is 0.326 e. The van der Waals surface area contributed by atoms with Crippen LogP contribution in [0, 0.1) is 0 Å². The van der Waals surface area contributed by atoms with Gasteiger partial charge < -0.3 is 14.4 Å². The quantitative estimate of drug-likeness (QED) is 0.220. The van der Waals surface area contributed by atoms with Crippen molar-refractivity contribution in [3.63, 3.8) is 0 Å². The van der Waals surface area contributed by atoms with Gasteiger partial charge in [-0.3, -0.25) is 4.57 Å². The zero-order valence-electron chi connectivity index (χ0n) is 19.9. The Bertz CT molecular complexity index is 1250. The molecule has 0 radical (unpaired) electrons. The highest BCUT2D eigenvalue weighted by Crippen LogP contribution is 2.58. The zero-order valence-corrected chi connectivity index (χ0v) is 22.4. The van der Waals surface area contributed by atoms with Gasteiger partial charge in [0.1, 0.15) is 12.2 Å². The molecule has 0 spiro atoms. The van der Waals surface area contributed by atoms with Gasteiger partial charge in [0.05, 0.1) is 24.5 Å². The predicted molar refractivity (Wildman–Crippen MR) is 142 cm³/mol. The second kappa shape index (κ2) is 11.9. The molecule has 6 nitrogen and oxygen atoms in total. The third-order valence-corrected chi connectivity index (χ3v) is 8.51. The van der Waals surface area contributed by atoms with E-state index in [9.17, 15) is 4.57 Å². The molecule has 1 aromatic heterocycles. The van der Waals surface area contributed by atoms with Gasteiger partial charge in [-0.15, -0.1) is 0 Å². The summed E-state index contributed by atoms with van der Waals surface area (Å²) in [6.45, 7) is 4.86. The lowest BCUT2D eigenvalue weighted by atomic mass is 10.1. The van der Waals surface area contributed by atoms with Crippen molar-refractivity contribution in [1.29, 1.82) is 0 Å². The Kier molecular flexibility index (Phi) is 8.71. The van der Waals surface area contributed by atoms with Gasteiger partial charge in [0.2, 0.25) is 5.78 Å². The van der Waals surface area contributed by atoms with Crippen LogP contribution in [0.1, 0.15) is 30.8 Å². The van der Waals surface area contributed by atoms with Crippen LogP contribution in [0.3, 0.4) is 0 Å². The molecule has 0 amide bonds. The summed E-state index contributed by atoms with van der Waals surface area (Å²) in [7, 11) is -3.54. The van der Waals surface area contributed by atoms with Gasteiger partial charge in [0.15, 0.2) is 0 Å². The lowest BCUT2D eigenvalue weighted by molar-refractivity contribution is -0.693. The van der Waals surface area contributed by atoms with Crippen LogP contribution in [0.25, 0.3) is 16.9 Å². The van der Waals surface area contributed by atoms with Gasteiger partial charge in [-0.1, -0.05) is 76.6 Å². The summed E-state index contributed by atoms with van der Waals surface area (Å²) in [6.07, 6.45) is 1.95. The summed E-state index contributed by atoms with van der Waals surface area (Å²) in [5.41, 5.74) is 4.52. The standard InChI is InChI=1S/C27H29BrN3O3P/c1-3-33-35(32,34-4-2)27(29-19-21-11-7-5-8-12-21)25-20-31(24-13-9-6-10-14-24)30-26(25)22-15-17-23(28)18-16-22/h5-18,20,27,29H,3-4,19H2,1-2H3/p+1/t27-/m0/s1. The molecule has 35 heavy (non-hydrogen) atoms. The molecule has 4 rings (SSSR count). The first-order valence-corrected chi connectivity index (χ1v) is 14.1. The molecule has 3 aromatic carbocycles. The zero-order chi connectivity index (χ0) is 24.7. The van der Waals surface area contributed by atoms with E-state index in [-0.39, 0.29) is 13.2 Å². The Morgan fingerprint density at radius 2 is 1.51 bits per heavy atom. The van der Waals surface area contributed by atoms with Crippen molar-refractivity contribution in [3.05, 3.63) is 107 Å². The minimum absolute atomic E-state index is 0.285. The highest BCUT2D eigenvalue weighted by atomic mass is 79.9. The summed E-state index contributed by atoms with van der Waals surface area (Å²) in [5.74, 6) is -0.598. The van der Waals surface area contributed by atoms with E-state index in [1.54, 1.807) is 0 Å². The number of nitrogens with zero attached hydrogens (tertiary/aromatic N) is 2. The maximum atomic E-state index is 14.2. The molecular formula is C27H30BrN3O3P+. The van der Waals surface area contributed by atoms with Crippen LogP contribution in [-0.4, -0.2) is 23.0 Å². The van der Waals surface area contributed by atoms with Gasteiger partial charge in [-0.25, -0.2) is 4.68 Å². The van der Waals surface area contributed by atoms with E-state index in [4.69, 9.17) is 14.1 Å². The van der Waals surface area contributed by atoms with Gasteiger partial charge in [0, 0.05) is 21.8 Å². The highest BCUT2D eigenvalue weighted by Gasteiger charge is 2.43. The number of rotatable bonds is 11. The second-order valence-electron chi connectivity index (χ2n) is 7.97. The van der Waals surface area contributed by atoms with Crippen molar-refractivity contribution in [1.82, 2.24) is 9.78 Å². The molecule has 0 aliphatic carbocycles. The van der Waals surface area contributed by atoms with E-state index in [0.717, 1.165) is 32.5 Å². The van der Waals surface area contributed by atoms with E-state index in [0.29, 0.717) is 6.54 Å². The molecule has 8 heteroatoms. The van der Waals surface area contributed by atoms with Crippen molar-refractivity contribution < 1.29 is 18.9 Å². The minimum Gasteiger partial charge on any atom is -0.326 e. The summed E-state index contributed by atoms with van der Waals surface area (Å²) in [4.78, 5) is 0. The van der Waals surface area contributed by atoms with Crippen LogP contribution < -0.4 is 5.32 Å². The van der Waals surface area contributed by atoms with Gasteiger partial charge >= 0.3 is 7.60 Å². The summed E-state index contributed by atoms with van der Waals surface area (Å²) in [6, 6.07) is 28.0. The van der Waals surface area contributed by atoms with Crippen molar-refractivity contribution >= 4 is 23.5 Å². The maximum absolute atomic E-state index is 14.2. The topological polar surface area (TPSA) is 70.0 Å². The molecule has 0 saturated carbocycles. The molecule has 4 aromatic rings. The van der Waals surface area contributed by atoms with E-state index in [1.165, 1.54) is 0 Å². The number of nitrogens with two attached hydrogens (primary N) is 1. The molecule has 0 unspecified atom stereocenters. The number of hydrogen-bond donors (Lipinski definition) is 1. The molecule has 0 aliphatic heterocycles. The molecule has 1 heterocycles. The average molecular weight is 555 g/mol. The van der Waals surface area contributed by atoms with Crippen molar-refractivity contribution in [2.75, 3.05) is 13.2 Å². The van der Waals surface area contributed by atoms with Crippen LogP contribution in [0.5, 0.6) is 0 Å². The monoisotopic (exact) mass is 554 g/mol. The van der Waals surface area contributed by atoms with E-state index in [2.05, 4.69) is 28.1 Å². The lowest BCUT2D eigenvalue weighted by Crippen LogP contribution is -2.83. The Labute approximate surface area is 215 Å². The first kappa shape index (κ1) is 25.5. The normalized spacial score (nSPS) is 12.5. The van der Waals surface area contributed by atoms with Crippen molar-refractivity contribution in [3.8, 4) is 16.9 Å². The van der Waals surface area contributed by atoms with Crippen LogP contribution in [-0.2, 0) is 20.2 Å². The number of benzene rings is 3. The molecule has 2 N–H and O–H groups in total. The van der Waals surface area contributed by atoms with E-state index < -0.39 is 13.4 Å². The Hall–Kier alpha value is -2.54. The number of aromatic nitrogens is 2. The molecule has 0 aliphatic rings. The maximum Gasteiger partial charge on any atom is 0.392 e. The van der Waals surface area contributed by atoms with Gasteiger partial charge in [-0.05, 0) is 38.1 Å². The average Bonchev–Trinajstić information content (AvgIpc) is 3.31. The first-order chi connectivity index (χ1) is 17.0.